The second kappa shape index (κ2) is 6.19. The molecular formula is C16H16N4O. The average Bonchev–Trinajstić information content (AvgIpc) is 3.09. The number of hydrogen-bond donors (Lipinski definition) is 1. The van der Waals surface area contributed by atoms with E-state index in [1.165, 1.54) is 0 Å². The Morgan fingerprint density at radius 1 is 1.05 bits per heavy atom. The fourth-order valence-corrected chi connectivity index (χ4v) is 2.06. The molecule has 21 heavy (non-hydrogen) atoms. The Hall–Kier alpha value is -2.66. The van der Waals surface area contributed by atoms with Crippen molar-refractivity contribution in [1.29, 1.82) is 0 Å². The van der Waals surface area contributed by atoms with Crippen molar-refractivity contribution in [2.24, 2.45) is 10.1 Å². The van der Waals surface area contributed by atoms with Crippen molar-refractivity contribution >= 4 is 11.7 Å². The van der Waals surface area contributed by atoms with Crippen LogP contribution in [0.15, 0.2) is 70.8 Å². The third-order valence-corrected chi connectivity index (χ3v) is 3.09. The van der Waals surface area contributed by atoms with E-state index in [-0.39, 0.29) is 0 Å². The van der Waals surface area contributed by atoms with Gasteiger partial charge in [0.1, 0.15) is 0 Å². The number of hydrogen-bond acceptors (Lipinski definition) is 5. The minimum atomic E-state index is 0.307. The predicted molar refractivity (Wildman–Crippen MR) is 82.8 cm³/mol. The molecule has 0 aliphatic carbocycles. The summed E-state index contributed by atoms with van der Waals surface area (Å²) in [5.41, 5.74) is 5.72. The van der Waals surface area contributed by atoms with E-state index in [0.29, 0.717) is 12.7 Å². The molecule has 3 rings (SSSR count). The summed E-state index contributed by atoms with van der Waals surface area (Å²) < 4.78 is 0. The summed E-state index contributed by atoms with van der Waals surface area (Å²) >= 11 is 0. The SMILES string of the molecule is CN(N=C(c1ccccc1)c1ccccc1)C1=NCON1. The number of rotatable bonds is 3. The summed E-state index contributed by atoms with van der Waals surface area (Å²) in [6.07, 6.45) is 0. The molecule has 1 aliphatic heterocycles. The van der Waals surface area contributed by atoms with E-state index in [1.54, 1.807) is 5.01 Å². The molecule has 0 spiro atoms. The van der Waals surface area contributed by atoms with Crippen LogP contribution in [-0.4, -0.2) is 30.5 Å². The van der Waals surface area contributed by atoms with E-state index in [1.807, 2.05) is 67.7 Å². The van der Waals surface area contributed by atoms with Crippen molar-refractivity contribution in [3.8, 4) is 0 Å². The lowest BCUT2D eigenvalue weighted by molar-refractivity contribution is 0.110. The Morgan fingerprint density at radius 3 is 2.10 bits per heavy atom. The first kappa shape index (κ1) is 13.3. The maximum atomic E-state index is 5.01. The first-order valence-corrected chi connectivity index (χ1v) is 6.70. The van der Waals surface area contributed by atoms with Gasteiger partial charge in [-0.3, -0.25) is 0 Å². The Labute approximate surface area is 123 Å². The van der Waals surface area contributed by atoms with Crippen LogP contribution >= 0.6 is 0 Å². The largest absolute Gasteiger partial charge is 0.250 e. The zero-order valence-electron chi connectivity index (χ0n) is 11.7. The lowest BCUT2D eigenvalue weighted by Gasteiger charge is -2.15. The van der Waals surface area contributed by atoms with Crippen molar-refractivity contribution < 1.29 is 4.84 Å². The molecule has 0 fully saturated rings. The second-order valence-corrected chi connectivity index (χ2v) is 4.56. The number of guanidine groups is 1. The summed E-state index contributed by atoms with van der Waals surface area (Å²) in [6, 6.07) is 20.2. The third-order valence-electron chi connectivity index (χ3n) is 3.09. The number of nitrogens with one attached hydrogen (secondary N) is 1. The van der Waals surface area contributed by atoms with Gasteiger partial charge in [-0.05, 0) is 0 Å². The maximum Gasteiger partial charge on any atom is 0.241 e. The molecule has 0 saturated carbocycles. The number of hydroxylamine groups is 1. The van der Waals surface area contributed by atoms with Crippen LogP contribution in [0.2, 0.25) is 0 Å². The molecule has 5 nitrogen and oxygen atoms in total. The topological polar surface area (TPSA) is 49.2 Å². The van der Waals surface area contributed by atoms with E-state index in [0.717, 1.165) is 16.8 Å². The smallest absolute Gasteiger partial charge is 0.241 e. The minimum Gasteiger partial charge on any atom is -0.250 e. The van der Waals surface area contributed by atoms with Crippen LogP contribution in [0.1, 0.15) is 11.1 Å². The molecule has 1 heterocycles. The summed E-state index contributed by atoms with van der Waals surface area (Å²) in [7, 11) is 1.84. The number of nitrogens with zero attached hydrogens (tertiary/aromatic N) is 3. The molecule has 1 N–H and O–H groups in total. The molecule has 2 aromatic carbocycles. The molecule has 0 radical (unpaired) electrons. The molecule has 0 saturated heterocycles. The highest BCUT2D eigenvalue weighted by atomic mass is 16.7. The van der Waals surface area contributed by atoms with Gasteiger partial charge in [-0.1, -0.05) is 60.7 Å². The van der Waals surface area contributed by atoms with Gasteiger partial charge >= 0.3 is 0 Å². The standard InChI is InChI=1S/C16H16N4O/c1-20(16-17-12-21-19-16)18-15(13-8-4-2-5-9-13)14-10-6-3-7-11-14/h2-11H,12H2,1H3,(H,17,19). The quantitative estimate of drug-likeness (QED) is 0.693. The van der Waals surface area contributed by atoms with Crippen LogP contribution in [-0.2, 0) is 4.84 Å². The summed E-state index contributed by atoms with van der Waals surface area (Å²) in [5, 5.41) is 6.36. The van der Waals surface area contributed by atoms with Crippen molar-refractivity contribution in [3.05, 3.63) is 71.8 Å². The van der Waals surface area contributed by atoms with Gasteiger partial charge in [-0.25, -0.2) is 20.3 Å². The van der Waals surface area contributed by atoms with Crippen molar-refractivity contribution in [2.45, 2.75) is 0 Å². The van der Waals surface area contributed by atoms with Gasteiger partial charge in [0.15, 0.2) is 6.73 Å². The van der Waals surface area contributed by atoms with Gasteiger partial charge in [0.25, 0.3) is 0 Å². The predicted octanol–water partition coefficient (Wildman–Crippen LogP) is 2.22. The molecule has 0 atom stereocenters. The Bertz CT molecular complexity index is 611. The van der Waals surface area contributed by atoms with Crippen LogP contribution in [0, 0.1) is 0 Å². The molecule has 5 heteroatoms. The third kappa shape index (κ3) is 3.09. The fourth-order valence-electron chi connectivity index (χ4n) is 2.06. The first-order valence-electron chi connectivity index (χ1n) is 6.70. The van der Waals surface area contributed by atoms with Gasteiger partial charge in [0.05, 0.1) is 5.71 Å². The molecule has 0 amide bonds. The van der Waals surface area contributed by atoms with Crippen LogP contribution in [0.3, 0.4) is 0 Å². The maximum absolute atomic E-state index is 5.01. The minimum absolute atomic E-state index is 0.307. The zero-order chi connectivity index (χ0) is 14.5. The van der Waals surface area contributed by atoms with Crippen molar-refractivity contribution in [1.82, 2.24) is 10.5 Å². The fraction of sp³-hybridized carbons (Fsp3) is 0.125. The van der Waals surface area contributed by atoms with Crippen molar-refractivity contribution in [3.63, 3.8) is 0 Å². The van der Waals surface area contributed by atoms with Crippen LogP contribution < -0.4 is 5.48 Å². The number of aliphatic imine (C=N–C) groups is 1. The van der Waals surface area contributed by atoms with E-state index in [4.69, 9.17) is 4.84 Å². The van der Waals surface area contributed by atoms with Gasteiger partial charge in [0.2, 0.25) is 5.96 Å². The molecular weight excluding hydrogens is 264 g/mol. The lowest BCUT2D eigenvalue weighted by atomic mass is 10.0. The molecule has 0 unspecified atom stereocenters. The Balaban J connectivity index is 2.00. The molecule has 1 aliphatic rings. The molecule has 106 valence electrons. The van der Waals surface area contributed by atoms with Crippen molar-refractivity contribution in [2.75, 3.05) is 13.8 Å². The molecule has 2 aromatic rings. The first-order chi connectivity index (χ1) is 10.3. The number of hydrazone groups is 1. The van der Waals surface area contributed by atoms with Crippen LogP contribution in [0.4, 0.5) is 0 Å². The summed E-state index contributed by atoms with van der Waals surface area (Å²) in [5.74, 6) is 0.597. The van der Waals surface area contributed by atoms with Gasteiger partial charge in [-0.15, -0.1) is 0 Å². The van der Waals surface area contributed by atoms with Crippen LogP contribution in [0.25, 0.3) is 0 Å². The van der Waals surface area contributed by atoms with Crippen LogP contribution in [0.5, 0.6) is 0 Å². The summed E-state index contributed by atoms with van der Waals surface area (Å²) in [4.78, 5) is 9.18. The van der Waals surface area contributed by atoms with Gasteiger partial charge in [-0.2, -0.15) is 5.10 Å². The van der Waals surface area contributed by atoms with Gasteiger partial charge in [0, 0.05) is 18.2 Å². The number of benzene rings is 2. The van der Waals surface area contributed by atoms with E-state index < -0.39 is 0 Å². The zero-order valence-corrected chi connectivity index (χ0v) is 11.7. The Morgan fingerprint density at radius 2 is 1.62 bits per heavy atom. The second-order valence-electron chi connectivity index (χ2n) is 4.56. The molecule has 0 bridgehead atoms. The monoisotopic (exact) mass is 280 g/mol. The average molecular weight is 280 g/mol. The highest BCUT2D eigenvalue weighted by Crippen LogP contribution is 2.12. The molecule has 0 aromatic heterocycles. The Kier molecular flexibility index (Phi) is 3.93. The lowest BCUT2D eigenvalue weighted by Crippen LogP contribution is -2.32. The van der Waals surface area contributed by atoms with E-state index >= 15 is 0 Å². The summed E-state index contributed by atoms with van der Waals surface area (Å²) in [6.45, 7) is 0.307. The normalized spacial score (nSPS) is 13.3. The van der Waals surface area contributed by atoms with E-state index in [9.17, 15) is 0 Å². The van der Waals surface area contributed by atoms with E-state index in [2.05, 4.69) is 15.6 Å². The highest BCUT2D eigenvalue weighted by Gasteiger charge is 2.13. The van der Waals surface area contributed by atoms with Gasteiger partial charge < -0.3 is 0 Å². The highest BCUT2D eigenvalue weighted by molar-refractivity contribution is 6.13.